The molecule has 0 saturated carbocycles. The Morgan fingerprint density at radius 2 is 2.00 bits per heavy atom. The summed E-state index contributed by atoms with van der Waals surface area (Å²) in [5, 5.41) is 10.5. The molecule has 11 heteroatoms. The average molecular weight is 405 g/mol. The van der Waals surface area contributed by atoms with Gasteiger partial charge in [0.1, 0.15) is 12.4 Å². The van der Waals surface area contributed by atoms with E-state index in [1.165, 1.54) is 0 Å². The molecule has 1 unspecified atom stereocenters. The predicted molar refractivity (Wildman–Crippen MR) is 91.5 cm³/mol. The van der Waals surface area contributed by atoms with Gasteiger partial charge in [-0.1, -0.05) is 11.8 Å². The highest BCUT2D eigenvalue weighted by molar-refractivity contribution is 7.99. The second kappa shape index (κ2) is 9.60. The Bertz CT molecular complexity index is 737. The largest absolute Gasteiger partial charge is 0.497 e. The van der Waals surface area contributed by atoms with Crippen molar-refractivity contribution in [2.45, 2.75) is 24.4 Å². The molecule has 2 aromatic rings. The minimum absolute atomic E-state index is 0.0200. The van der Waals surface area contributed by atoms with Crippen LogP contribution in [-0.2, 0) is 9.53 Å². The third-order valence-corrected chi connectivity index (χ3v) is 3.93. The first-order valence-corrected chi connectivity index (χ1v) is 8.80. The average Bonchev–Trinajstić information content (AvgIpc) is 3.08. The summed E-state index contributed by atoms with van der Waals surface area (Å²) in [5.41, 5.74) is 0.704. The number of alkyl halides is 3. The van der Waals surface area contributed by atoms with Crippen LogP contribution < -0.4 is 10.1 Å². The minimum atomic E-state index is -4.39. The molecule has 0 fully saturated rings. The molecule has 1 N–H and O–H groups in total. The number of halogens is 3. The van der Waals surface area contributed by atoms with Gasteiger partial charge in [-0.05, 0) is 31.2 Å². The molecule has 0 saturated heterocycles. The summed E-state index contributed by atoms with van der Waals surface area (Å²) in [4.78, 5) is 11.8. The summed E-state index contributed by atoms with van der Waals surface area (Å²) >= 11 is 1.02. The molecule has 7 nitrogen and oxygen atoms in total. The van der Waals surface area contributed by atoms with E-state index in [1.54, 1.807) is 38.3 Å². The summed E-state index contributed by atoms with van der Waals surface area (Å²) in [7, 11) is 1.56. The van der Waals surface area contributed by atoms with Crippen LogP contribution in [-0.4, -0.2) is 54.4 Å². The highest BCUT2D eigenvalue weighted by Gasteiger charge is 2.27. The smallest absolute Gasteiger partial charge is 0.411 e. The number of ether oxygens (including phenoxy) is 2. The zero-order valence-electron chi connectivity index (χ0n) is 14.6. The number of carbonyl (C=O) groups excluding carboxylic acids is 1. The summed E-state index contributed by atoms with van der Waals surface area (Å²) in [6.07, 6.45) is -4.39. The Morgan fingerprint density at radius 1 is 1.30 bits per heavy atom. The van der Waals surface area contributed by atoms with Gasteiger partial charge in [-0.2, -0.15) is 13.2 Å². The van der Waals surface area contributed by atoms with Gasteiger partial charge in [0.05, 0.1) is 19.5 Å². The van der Waals surface area contributed by atoms with Gasteiger partial charge in [-0.15, -0.1) is 10.2 Å². The van der Waals surface area contributed by atoms with Gasteiger partial charge in [-0.25, -0.2) is 0 Å². The van der Waals surface area contributed by atoms with Crippen LogP contribution >= 0.6 is 11.8 Å². The first kappa shape index (κ1) is 21.0. The fourth-order valence-corrected chi connectivity index (χ4v) is 2.53. The zero-order chi connectivity index (χ0) is 19.9. The number of hydrogen-bond donors (Lipinski definition) is 1. The van der Waals surface area contributed by atoms with Gasteiger partial charge in [0.15, 0.2) is 0 Å². The van der Waals surface area contributed by atoms with E-state index in [9.17, 15) is 18.0 Å². The highest BCUT2D eigenvalue weighted by Crippen LogP contribution is 2.24. The van der Waals surface area contributed by atoms with Gasteiger partial charge < -0.3 is 19.2 Å². The van der Waals surface area contributed by atoms with Crippen molar-refractivity contribution in [1.29, 1.82) is 0 Å². The molecule has 148 valence electrons. The first-order valence-electron chi connectivity index (χ1n) is 7.81. The summed E-state index contributed by atoms with van der Waals surface area (Å²) in [5.74, 6) is 0.591. The maximum Gasteiger partial charge on any atom is 0.411 e. The third-order valence-electron chi connectivity index (χ3n) is 3.11. The van der Waals surface area contributed by atoms with Gasteiger partial charge >= 0.3 is 6.18 Å². The molecule has 1 aromatic heterocycles. The highest BCUT2D eigenvalue weighted by atomic mass is 32.2. The van der Waals surface area contributed by atoms with Gasteiger partial charge in [0.25, 0.3) is 5.22 Å². The van der Waals surface area contributed by atoms with Crippen molar-refractivity contribution in [1.82, 2.24) is 15.5 Å². The molecule has 0 aliphatic carbocycles. The van der Waals surface area contributed by atoms with Crippen LogP contribution in [0.25, 0.3) is 11.5 Å². The number of carbonyl (C=O) groups is 1. The van der Waals surface area contributed by atoms with Crippen LogP contribution in [0, 0.1) is 0 Å². The van der Waals surface area contributed by atoms with E-state index < -0.39 is 18.8 Å². The number of aromatic nitrogens is 2. The topological polar surface area (TPSA) is 86.5 Å². The van der Waals surface area contributed by atoms with E-state index in [4.69, 9.17) is 9.15 Å². The second-order valence-corrected chi connectivity index (χ2v) is 6.42. The third kappa shape index (κ3) is 7.47. The molecule has 0 spiro atoms. The lowest BCUT2D eigenvalue weighted by molar-refractivity contribution is -0.175. The van der Waals surface area contributed by atoms with E-state index in [0.29, 0.717) is 17.2 Å². The van der Waals surface area contributed by atoms with E-state index in [2.05, 4.69) is 20.3 Å². The Balaban J connectivity index is 1.76. The monoisotopic (exact) mass is 405 g/mol. The number of rotatable bonds is 9. The van der Waals surface area contributed by atoms with E-state index >= 15 is 0 Å². The van der Waals surface area contributed by atoms with Crippen LogP contribution in [0.4, 0.5) is 13.2 Å². The fraction of sp³-hybridized carbons (Fsp3) is 0.438. The van der Waals surface area contributed by atoms with Crippen LogP contribution in [0.3, 0.4) is 0 Å². The van der Waals surface area contributed by atoms with Crippen molar-refractivity contribution >= 4 is 17.7 Å². The van der Waals surface area contributed by atoms with Crippen LogP contribution in [0.2, 0.25) is 0 Å². The van der Waals surface area contributed by atoms with Gasteiger partial charge in [-0.3, -0.25) is 4.79 Å². The standard InChI is InChI=1S/C16H18F3N3O4S/c1-10(7-25-9-16(17,18)19)20-13(23)8-27-15-22-21-14(26-15)11-3-5-12(24-2)6-4-11/h3-6,10H,7-9H2,1-2H3,(H,20,23). The number of methoxy groups -OCH3 is 1. The Kier molecular flexibility index (Phi) is 7.48. The van der Waals surface area contributed by atoms with Crippen LogP contribution in [0.15, 0.2) is 33.9 Å². The Labute approximate surface area is 157 Å². The lowest BCUT2D eigenvalue weighted by Crippen LogP contribution is -2.37. The van der Waals surface area contributed by atoms with Crippen LogP contribution in [0.5, 0.6) is 5.75 Å². The fourth-order valence-electron chi connectivity index (χ4n) is 1.96. The molecule has 1 amide bonds. The minimum Gasteiger partial charge on any atom is -0.497 e. The molecule has 1 atom stereocenters. The predicted octanol–water partition coefficient (Wildman–Crippen LogP) is 2.92. The molecular formula is C16H18F3N3O4S. The van der Waals surface area contributed by atoms with Gasteiger partial charge in [0, 0.05) is 11.6 Å². The number of nitrogens with zero attached hydrogens (tertiary/aromatic N) is 2. The van der Waals surface area contributed by atoms with E-state index in [-0.39, 0.29) is 23.5 Å². The molecule has 0 bridgehead atoms. The normalized spacial score (nSPS) is 12.6. The van der Waals surface area contributed by atoms with Gasteiger partial charge in [0.2, 0.25) is 11.8 Å². The van der Waals surface area contributed by atoms with E-state index in [1.807, 2.05) is 0 Å². The molecule has 27 heavy (non-hydrogen) atoms. The molecule has 2 rings (SSSR count). The number of nitrogens with one attached hydrogen (secondary N) is 1. The number of amides is 1. The van der Waals surface area contributed by atoms with Crippen molar-refractivity contribution in [2.24, 2.45) is 0 Å². The lowest BCUT2D eigenvalue weighted by Gasteiger charge is -2.14. The maximum absolute atomic E-state index is 12.0. The van der Waals surface area contributed by atoms with Crippen molar-refractivity contribution < 1.29 is 31.9 Å². The summed E-state index contributed by atoms with van der Waals surface area (Å²) in [6, 6.07) is 6.47. The van der Waals surface area contributed by atoms with Crippen molar-refractivity contribution in [3.63, 3.8) is 0 Å². The molecule has 0 aliphatic heterocycles. The summed E-state index contributed by atoms with van der Waals surface area (Å²) < 4.78 is 51.0. The van der Waals surface area contributed by atoms with Crippen molar-refractivity contribution in [2.75, 3.05) is 26.1 Å². The van der Waals surface area contributed by atoms with Crippen LogP contribution in [0.1, 0.15) is 6.92 Å². The molecule has 0 radical (unpaired) electrons. The first-order chi connectivity index (χ1) is 12.8. The number of thioether (sulfide) groups is 1. The zero-order valence-corrected chi connectivity index (χ0v) is 15.4. The number of benzene rings is 1. The SMILES string of the molecule is COc1ccc(-c2nnc(SCC(=O)NC(C)COCC(F)(F)F)o2)cc1. The Morgan fingerprint density at radius 3 is 2.63 bits per heavy atom. The summed E-state index contributed by atoms with van der Waals surface area (Å²) in [6.45, 7) is -0.0381. The molecule has 0 aliphatic rings. The number of hydrogen-bond acceptors (Lipinski definition) is 7. The van der Waals surface area contributed by atoms with Crippen molar-refractivity contribution in [3.8, 4) is 17.2 Å². The second-order valence-electron chi connectivity index (χ2n) is 5.49. The quantitative estimate of drug-likeness (QED) is 0.642. The molecule has 1 aromatic carbocycles. The molecule has 1 heterocycles. The Hall–Kier alpha value is -2.27. The van der Waals surface area contributed by atoms with E-state index in [0.717, 1.165) is 11.8 Å². The maximum atomic E-state index is 12.0. The lowest BCUT2D eigenvalue weighted by atomic mass is 10.2. The molecular weight excluding hydrogens is 387 g/mol. The van der Waals surface area contributed by atoms with Crippen molar-refractivity contribution in [3.05, 3.63) is 24.3 Å².